The van der Waals surface area contributed by atoms with Crippen LogP contribution in [0.5, 0.6) is 5.75 Å². The van der Waals surface area contributed by atoms with Gasteiger partial charge < -0.3 is 23.9 Å². The fraction of sp³-hybridized carbons (Fsp3) is 0.250. The molecule has 0 unspecified atom stereocenters. The van der Waals surface area contributed by atoms with Crippen molar-refractivity contribution in [1.82, 2.24) is 30.0 Å². The molecular weight excluding hydrogens is 514 g/mol. The molecule has 1 aliphatic rings. The number of carbonyl (C=O) groups excluding carboxylic acids is 1. The lowest BCUT2D eigenvalue weighted by Gasteiger charge is -2.35. The molecule has 6 rings (SSSR count). The summed E-state index contributed by atoms with van der Waals surface area (Å²) in [4.78, 5) is 29.3. The fourth-order valence-corrected chi connectivity index (χ4v) is 5.15. The van der Waals surface area contributed by atoms with Gasteiger partial charge in [-0.2, -0.15) is 0 Å². The molecule has 1 aliphatic heterocycles. The number of amides is 1. The lowest BCUT2D eigenvalue weighted by Crippen LogP contribution is -2.49. The Labute approximate surface area is 229 Å². The number of pyridine rings is 1. The molecule has 1 N–H and O–H groups in total. The van der Waals surface area contributed by atoms with Crippen LogP contribution < -0.4 is 9.64 Å². The normalized spacial score (nSPS) is 13.7. The highest BCUT2D eigenvalue weighted by Crippen LogP contribution is 2.28. The number of fused-ring (bicyclic) bond motifs is 1. The van der Waals surface area contributed by atoms with E-state index >= 15 is 0 Å². The third kappa shape index (κ3) is 5.58. The van der Waals surface area contributed by atoms with E-state index < -0.39 is 0 Å². The second kappa shape index (κ2) is 11.2. The first-order valence-corrected chi connectivity index (χ1v) is 13.8. The number of thioether (sulfide) groups is 1. The van der Waals surface area contributed by atoms with Gasteiger partial charge in [-0.3, -0.25) is 4.79 Å². The van der Waals surface area contributed by atoms with Gasteiger partial charge in [-0.25, -0.2) is 9.97 Å². The molecule has 2 aromatic carbocycles. The summed E-state index contributed by atoms with van der Waals surface area (Å²) in [5.74, 6) is 3.24. The van der Waals surface area contributed by atoms with E-state index in [0.29, 0.717) is 30.8 Å². The predicted octanol–water partition coefficient (Wildman–Crippen LogP) is 4.51. The molecule has 0 spiro atoms. The van der Waals surface area contributed by atoms with Crippen LogP contribution in [0.2, 0.25) is 0 Å². The Bertz CT molecular complexity index is 1560. The smallest absolute Gasteiger partial charge is 0.277 e. The number of piperazine rings is 1. The Balaban J connectivity index is 1.06. The number of benzene rings is 2. The summed E-state index contributed by atoms with van der Waals surface area (Å²) < 4.78 is 11.4. The number of H-pyrrole nitrogens is 1. The van der Waals surface area contributed by atoms with Gasteiger partial charge in [-0.05, 0) is 61.5 Å². The largest absolute Gasteiger partial charge is 0.494 e. The van der Waals surface area contributed by atoms with Crippen molar-refractivity contribution in [1.29, 1.82) is 0 Å². The second-order valence-corrected chi connectivity index (χ2v) is 9.92. The Kier molecular flexibility index (Phi) is 7.13. The standard InChI is InChI=1S/C28H27N7O3S/c1-2-37-21-9-6-19(7-10-21)26-30-22-11-8-20(17-23(22)31-26)27-32-33-28(38-27)39-18-25(36)35-15-13-34(14-16-35)24-5-3-4-12-29-24/h3-12,17H,2,13-16,18H2,1H3,(H,30,31). The van der Waals surface area contributed by atoms with Crippen LogP contribution in [0.25, 0.3) is 33.9 Å². The lowest BCUT2D eigenvalue weighted by atomic mass is 10.2. The molecule has 5 aromatic rings. The van der Waals surface area contributed by atoms with Gasteiger partial charge in [0.15, 0.2) is 0 Å². The van der Waals surface area contributed by atoms with Crippen LogP contribution in [0.4, 0.5) is 5.82 Å². The molecule has 0 radical (unpaired) electrons. The number of hydrogen-bond acceptors (Lipinski definition) is 9. The number of anilines is 1. The zero-order valence-corrected chi connectivity index (χ0v) is 22.2. The van der Waals surface area contributed by atoms with Crippen LogP contribution in [0.1, 0.15) is 6.92 Å². The van der Waals surface area contributed by atoms with Crippen molar-refractivity contribution in [2.45, 2.75) is 12.1 Å². The number of imidazole rings is 1. The minimum absolute atomic E-state index is 0.0566. The molecule has 1 amide bonds. The minimum atomic E-state index is 0.0566. The quantitative estimate of drug-likeness (QED) is 0.283. The number of ether oxygens (including phenoxy) is 1. The summed E-state index contributed by atoms with van der Waals surface area (Å²) in [6.45, 7) is 5.43. The molecule has 198 valence electrons. The Morgan fingerprint density at radius 2 is 1.85 bits per heavy atom. The number of nitrogens with zero attached hydrogens (tertiary/aromatic N) is 6. The van der Waals surface area contributed by atoms with E-state index in [-0.39, 0.29) is 11.7 Å². The van der Waals surface area contributed by atoms with E-state index in [1.165, 1.54) is 11.8 Å². The van der Waals surface area contributed by atoms with Gasteiger partial charge in [0.25, 0.3) is 5.22 Å². The van der Waals surface area contributed by atoms with Crippen LogP contribution in [0.3, 0.4) is 0 Å². The Morgan fingerprint density at radius 1 is 1.03 bits per heavy atom. The van der Waals surface area contributed by atoms with Crippen molar-refractivity contribution < 1.29 is 13.9 Å². The maximum atomic E-state index is 12.8. The van der Waals surface area contributed by atoms with E-state index in [9.17, 15) is 4.79 Å². The van der Waals surface area contributed by atoms with Crippen LogP contribution in [-0.4, -0.2) is 74.5 Å². The molecule has 39 heavy (non-hydrogen) atoms. The molecule has 0 aliphatic carbocycles. The first kappa shape index (κ1) is 24.9. The van der Waals surface area contributed by atoms with Crippen LogP contribution in [0.15, 0.2) is 76.5 Å². The molecule has 0 bridgehead atoms. The maximum absolute atomic E-state index is 12.8. The monoisotopic (exact) mass is 541 g/mol. The third-order valence-corrected chi connectivity index (χ3v) is 7.30. The highest BCUT2D eigenvalue weighted by molar-refractivity contribution is 7.99. The number of aromatic nitrogens is 5. The molecule has 0 atom stereocenters. The highest BCUT2D eigenvalue weighted by atomic mass is 32.2. The van der Waals surface area contributed by atoms with Crippen molar-refractivity contribution in [3.8, 4) is 28.6 Å². The predicted molar refractivity (Wildman–Crippen MR) is 150 cm³/mol. The van der Waals surface area contributed by atoms with Crippen molar-refractivity contribution in [2.75, 3.05) is 43.4 Å². The summed E-state index contributed by atoms with van der Waals surface area (Å²) in [7, 11) is 0. The fourth-order valence-electron chi connectivity index (χ4n) is 4.48. The number of carbonyl (C=O) groups is 1. The van der Waals surface area contributed by atoms with E-state index in [0.717, 1.165) is 52.6 Å². The SMILES string of the molecule is CCOc1ccc(-c2nc3ccc(-c4nnc(SCC(=O)N5CCN(c6ccccn6)CC5)o4)cc3[nH]2)cc1. The van der Waals surface area contributed by atoms with Gasteiger partial charge in [0, 0.05) is 43.5 Å². The van der Waals surface area contributed by atoms with E-state index in [2.05, 4.69) is 25.1 Å². The average molecular weight is 542 g/mol. The number of rotatable bonds is 8. The van der Waals surface area contributed by atoms with Gasteiger partial charge in [-0.1, -0.05) is 17.8 Å². The number of aromatic amines is 1. The summed E-state index contributed by atoms with van der Waals surface area (Å²) in [5, 5.41) is 8.70. The lowest BCUT2D eigenvalue weighted by molar-refractivity contribution is -0.128. The van der Waals surface area contributed by atoms with Crippen LogP contribution in [-0.2, 0) is 4.79 Å². The van der Waals surface area contributed by atoms with Gasteiger partial charge in [0.05, 0.1) is 23.4 Å². The van der Waals surface area contributed by atoms with Crippen LogP contribution in [0, 0.1) is 0 Å². The first-order chi connectivity index (χ1) is 19.2. The van der Waals surface area contributed by atoms with Gasteiger partial charge >= 0.3 is 0 Å². The summed E-state index contributed by atoms with van der Waals surface area (Å²) in [5.41, 5.74) is 3.45. The third-order valence-electron chi connectivity index (χ3n) is 6.50. The van der Waals surface area contributed by atoms with Crippen molar-refractivity contribution in [2.24, 2.45) is 0 Å². The molecule has 11 heteroatoms. The zero-order valence-electron chi connectivity index (χ0n) is 21.4. The van der Waals surface area contributed by atoms with E-state index in [1.54, 1.807) is 6.20 Å². The molecule has 3 aromatic heterocycles. The number of nitrogens with one attached hydrogen (secondary N) is 1. The second-order valence-electron chi connectivity index (χ2n) is 8.99. The van der Waals surface area contributed by atoms with Gasteiger partial charge in [0.1, 0.15) is 17.4 Å². The molecule has 10 nitrogen and oxygen atoms in total. The minimum Gasteiger partial charge on any atom is -0.494 e. The van der Waals surface area contributed by atoms with Crippen molar-refractivity contribution >= 4 is 34.5 Å². The first-order valence-electron chi connectivity index (χ1n) is 12.8. The molecule has 1 saturated heterocycles. The van der Waals surface area contributed by atoms with Crippen molar-refractivity contribution in [3.05, 3.63) is 66.9 Å². The Morgan fingerprint density at radius 3 is 2.62 bits per heavy atom. The molecular formula is C28H27N7O3S. The highest BCUT2D eigenvalue weighted by Gasteiger charge is 2.22. The van der Waals surface area contributed by atoms with E-state index in [4.69, 9.17) is 14.1 Å². The van der Waals surface area contributed by atoms with Crippen molar-refractivity contribution in [3.63, 3.8) is 0 Å². The number of hydrogen-bond donors (Lipinski definition) is 1. The summed E-state index contributed by atoms with van der Waals surface area (Å²) in [6, 6.07) is 19.5. The summed E-state index contributed by atoms with van der Waals surface area (Å²) >= 11 is 1.26. The van der Waals surface area contributed by atoms with Crippen LogP contribution >= 0.6 is 11.8 Å². The zero-order chi connectivity index (χ0) is 26.6. The van der Waals surface area contributed by atoms with E-state index in [1.807, 2.05) is 72.5 Å². The molecule has 4 heterocycles. The topological polar surface area (TPSA) is 113 Å². The summed E-state index contributed by atoms with van der Waals surface area (Å²) in [6.07, 6.45) is 1.79. The molecule has 1 fully saturated rings. The van der Waals surface area contributed by atoms with Gasteiger partial charge in [0.2, 0.25) is 11.8 Å². The average Bonchev–Trinajstić information content (AvgIpc) is 3.64. The Hall–Kier alpha value is -4.38. The molecule has 0 saturated carbocycles. The maximum Gasteiger partial charge on any atom is 0.277 e. The van der Waals surface area contributed by atoms with Gasteiger partial charge in [-0.15, -0.1) is 10.2 Å².